The zero-order chi connectivity index (χ0) is 16.4. The summed E-state index contributed by atoms with van der Waals surface area (Å²) in [5.74, 6) is 1.03. The Kier molecular flexibility index (Phi) is 4.69. The molecule has 0 aromatic heterocycles. The van der Waals surface area contributed by atoms with Gasteiger partial charge in [0.25, 0.3) is 0 Å². The molecule has 0 aliphatic carbocycles. The van der Waals surface area contributed by atoms with Crippen LogP contribution in [0.1, 0.15) is 21.8 Å². The molecule has 0 radical (unpaired) electrons. The fourth-order valence-electron chi connectivity index (χ4n) is 3.30. The molecule has 1 aliphatic heterocycles. The second-order valence-corrected chi connectivity index (χ2v) is 6.52. The predicted octanol–water partition coefficient (Wildman–Crippen LogP) is 3.88. The van der Waals surface area contributed by atoms with Crippen molar-refractivity contribution < 1.29 is 9.53 Å². The van der Waals surface area contributed by atoms with Crippen molar-refractivity contribution in [3.63, 3.8) is 0 Å². The number of likely N-dealkylation sites (tertiary alicyclic amines) is 1. The summed E-state index contributed by atoms with van der Waals surface area (Å²) in [6, 6.07) is 15.2. The maximum Gasteiger partial charge on any atom is 0.168 e. The number of nitrogens with zero attached hydrogens (tertiary/aromatic N) is 1. The first-order valence-corrected chi connectivity index (χ1v) is 8.08. The van der Waals surface area contributed by atoms with Gasteiger partial charge < -0.3 is 9.64 Å². The number of halogens is 1. The van der Waals surface area contributed by atoms with E-state index >= 15 is 0 Å². The van der Waals surface area contributed by atoms with Crippen LogP contribution in [0.2, 0.25) is 5.02 Å². The highest BCUT2D eigenvalue weighted by molar-refractivity contribution is 6.30. The Bertz CT molecular complexity index is 699. The topological polar surface area (TPSA) is 29.5 Å². The maximum absolute atomic E-state index is 13.0. The molecule has 1 fully saturated rings. The van der Waals surface area contributed by atoms with E-state index < -0.39 is 0 Å². The Morgan fingerprint density at radius 1 is 1.17 bits per heavy atom. The number of benzene rings is 2. The lowest BCUT2D eigenvalue weighted by molar-refractivity contribution is 0.0915. The standard InChI is InChI=1S/C19H20ClNO2/c1-21-11-17(13-6-8-15(20)9-7-13)18(12-21)19(22)14-4-3-5-16(10-14)23-2/h3-10,17-18H,11-12H2,1-2H3/t17-,18+/m0/s1. The van der Waals surface area contributed by atoms with Crippen LogP contribution >= 0.6 is 11.6 Å². The molecular weight excluding hydrogens is 310 g/mol. The van der Waals surface area contributed by atoms with Crippen LogP contribution in [-0.2, 0) is 0 Å². The van der Waals surface area contributed by atoms with Crippen molar-refractivity contribution in [3.8, 4) is 5.75 Å². The van der Waals surface area contributed by atoms with Gasteiger partial charge in [-0.3, -0.25) is 4.79 Å². The number of hydrogen-bond donors (Lipinski definition) is 0. The minimum Gasteiger partial charge on any atom is -0.497 e. The number of carbonyl (C=O) groups excluding carboxylic acids is 1. The van der Waals surface area contributed by atoms with Crippen LogP contribution in [0.4, 0.5) is 0 Å². The monoisotopic (exact) mass is 329 g/mol. The summed E-state index contributed by atoms with van der Waals surface area (Å²) in [5.41, 5.74) is 1.88. The summed E-state index contributed by atoms with van der Waals surface area (Å²) >= 11 is 5.98. The molecule has 3 rings (SSSR count). The molecular formula is C19H20ClNO2. The lowest BCUT2D eigenvalue weighted by Gasteiger charge is -2.18. The zero-order valence-corrected chi connectivity index (χ0v) is 14.1. The lowest BCUT2D eigenvalue weighted by Crippen LogP contribution is -2.22. The summed E-state index contributed by atoms with van der Waals surface area (Å²) in [4.78, 5) is 15.2. The molecule has 2 atom stereocenters. The van der Waals surface area contributed by atoms with E-state index in [9.17, 15) is 4.79 Å². The number of ether oxygens (including phenoxy) is 1. The number of methoxy groups -OCH3 is 1. The van der Waals surface area contributed by atoms with Crippen LogP contribution in [0.25, 0.3) is 0 Å². The van der Waals surface area contributed by atoms with E-state index in [0.29, 0.717) is 11.3 Å². The van der Waals surface area contributed by atoms with Gasteiger partial charge in [-0.05, 0) is 36.9 Å². The van der Waals surface area contributed by atoms with Crippen LogP contribution in [0.15, 0.2) is 48.5 Å². The Hall–Kier alpha value is -1.84. The van der Waals surface area contributed by atoms with Gasteiger partial charge in [-0.25, -0.2) is 0 Å². The minimum absolute atomic E-state index is 0.0479. The average molecular weight is 330 g/mol. The molecule has 0 unspecified atom stereocenters. The second kappa shape index (κ2) is 6.73. The third kappa shape index (κ3) is 3.41. The average Bonchev–Trinajstić information content (AvgIpc) is 2.96. The smallest absolute Gasteiger partial charge is 0.168 e. The fraction of sp³-hybridized carbons (Fsp3) is 0.316. The number of hydrogen-bond acceptors (Lipinski definition) is 3. The minimum atomic E-state index is -0.0479. The highest BCUT2D eigenvalue weighted by atomic mass is 35.5. The van der Waals surface area contributed by atoms with Gasteiger partial charge >= 0.3 is 0 Å². The number of carbonyl (C=O) groups is 1. The van der Waals surface area contributed by atoms with Crippen LogP contribution < -0.4 is 4.74 Å². The van der Waals surface area contributed by atoms with Gasteiger partial charge in [0.2, 0.25) is 0 Å². The molecule has 120 valence electrons. The Labute approximate surface area is 141 Å². The normalized spacial score (nSPS) is 21.3. The fourth-order valence-corrected chi connectivity index (χ4v) is 3.43. The Balaban J connectivity index is 1.89. The van der Waals surface area contributed by atoms with Crippen molar-refractivity contribution >= 4 is 17.4 Å². The van der Waals surface area contributed by atoms with Crippen LogP contribution in [0, 0.1) is 5.92 Å². The number of rotatable bonds is 4. The van der Waals surface area contributed by atoms with Crippen LogP contribution in [0.5, 0.6) is 5.75 Å². The van der Waals surface area contributed by atoms with Crippen molar-refractivity contribution in [3.05, 3.63) is 64.7 Å². The van der Waals surface area contributed by atoms with Crippen LogP contribution in [-0.4, -0.2) is 37.9 Å². The molecule has 3 nitrogen and oxygen atoms in total. The van der Waals surface area contributed by atoms with E-state index in [0.717, 1.165) is 18.1 Å². The second-order valence-electron chi connectivity index (χ2n) is 6.08. The van der Waals surface area contributed by atoms with Gasteiger partial charge in [0.1, 0.15) is 5.75 Å². The molecule has 2 aromatic carbocycles. The number of Topliss-reactive ketones (excluding diaryl/α,β-unsaturated/α-hetero) is 1. The first-order valence-electron chi connectivity index (χ1n) is 7.71. The summed E-state index contributed by atoms with van der Waals surface area (Å²) in [7, 11) is 3.67. The van der Waals surface area contributed by atoms with Crippen molar-refractivity contribution in [2.24, 2.45) is 5.92 Å². The lowest BCUT2D eigenvalue weighted by atomic mass is 9.84. The highest BCUT2D eigenvalue weighted by Crippen LogP contribution is 2.35. The van der Waals surface area contributed by atoms with Crippen molar-refractivity contribution in [2.75, 3.05) is 27.2 Å². The molecule has 4 heteroatoms. The van der Waals surface area contributed by atoms with E-state index in [1.165, 1.54) is 5.56 Å². The van der Waals surface area contributed by atoms with Gasteiger partial charge in [0.15, 0.2) is 5.78 Å². The summed E-state index contributed by atoms with van der Waals surface area (Å²) < 4.78 is 5.24. The molecule has 23 heavy (non-hydrogen) atoms. The quantitative estimate of drug-likeness (QED) is 0.797. The summed E-state index contributed by atoms with van der Waals surface area (Å²) in [6.45, 7) is 1.64. The van der Waals surface area contributed by atoms with E-state index in [1.54, 1.807) is 7.11 Å². The van der Waals surface area contributed by atoms with E-state index in [4.69, 9.17) is 16.3 Å². The first-order chi connectivity index (χ1) is 11.1. The van der Waals surface area contributed by atoms with Gasteiger partial charge in [-0.2, -0.15) is 0 Å². The third-order valence-electron chi connectivity index (χ3n) is 4.49. The van der Waals surface area contributed by atoms with Gasteiger partial charge in [-0.1, -0.05) is 35.9 Å². The Morgan fingerprint density at radius 3 is 2.61 bits per heavy atom. The number of likely N-dealkylation sites (N-methyl/N-ethyl adjacent to an activating group) is 1. The predicted molar refractivity (Wildman–Crippen MR) is 92.5 cm³/mol. The van der Waals surface area contributed by atoms with Gasteiger partial charge in [0, 0.05) is 35.5 Å². The van der Waals surface area contributed by atoms with Gasteiger partial charge in [0.05, 0.1) is 7.11 Å². The largest absolute Gasteiger partial charge is 0.497 e. The van der Waals surface area contributed by atoms with Crippen molar-refractivity contribution in [1.29, 1.82) is 0 Å². The Morgan fingerprint density at radius 2 is 1.91 bits per heavy atom. The van der Waals surface area contributed by atoms with Gasteiger partial charge in [-0.15, -0.1) is 0 Å². The molecule has 1 heterocycles. The molecule has 1 aliphatic rings. The molecule has 1 saturated heterocycles. The van der Waals surface area contributed by atoms with E-state index in [1.807, 2.05) is 48.5 Å². The highest BCUT2D eigenvalue weighted by Gasteiger charge is 2.37. The molecule has 0 bridgehead atoms. The van der Waals surface area contributed by atoms with Crippen LogP contribution in [0.3, 0.4) is 0 Å². The molecule has 0 amide bonds. The van der Waals surface area contributed by atoms with E-state index in [2.05, 4.69) is 11.9 Å². The summed E-state index contributed by atoms with van der Waals surface area (Å²) in [5, 5.41) is 0.718. The number of ketones is 1. The molecule has 0 N–H and O–H groups in total. The maximum atomic E-state index is 13.0. The zero-order valence-electron chi connectivity index (χ0n) is 13.3. The van der Waals surface area contributed by atoms with E-state index in [-0.39, 0.29) is 17.6 Å². The summed E-state index contributed by atoms with van der Waals surface area (Å²) in [6.07, 6.45) is 0. The first kappa shape index (κ1) is 16.0. The SMILES string of the molecule is COc1cccc(C(=O)[C@@H]2CN(C)C[C@H]2c2ccc(Cl)cc2)c1. The molecule has 2 aromatic rings. The van der Waals surface area contributed by atoms with Crippen molar-refractivity contribution in [1.82, 2.24) is 4.90 Å². The third-order valence-corrected chi connectivity index (χ3v) is 4.74. The molecule has 0 saturated carbocycles. The van der Waals surface area contributed by atoms with Crippen molar-refractivity contribution in [2.45, 2.75) is 5.92 Å². The molecule has 0 spiro atoms.